The van der Waals surface area contributed by atoms with Crippen molar-refractivity contribution in [1.82, 2.24) is 0 Å². The van der Waals surface area contributed by atoms with Crippen LogP contribution < -0.4 is 16.0 Å². The zero-order chi connectivity index (χ0) is 13.9. The molecule has 1 amide bonds. The minimum absolute atomic E-state index is 0.0632. The van der Waals surface area contributed by atoms with Gasteiger partial charge in [0.15, 0.2) is 0 Å². The molecule has 4 heteroatoms. The van der Waals surface area contributed by atoms with Gasteiger partial charge in [-0.3, -0.25) is 4.79 Å². The highest BCUT2D eigenvalue weighted by Gasteiger charge is 2.37. The third-order valence-corrected chi connectivity index (χ3v) is 4.05. The number of hydrogen-bond donors (Lipinski definition) is 2. The van der Waals surface area contributed by atoms with Gasteiger partial charge in [-0.2, -0.15) is 0 Å². The van der Waals surface area contributed by atoms with E-state index in [1.54, 1.807) is 0 Å². The number of nitrogens with two attached hydrogens (primary N) is 1. The predicted octanol–water partition coefficient (Wildman–Crippen LogP) is 2.21. The quantitative estimate of drug-likeness (QED) is 0.854. The monoisotopic (exact) mass is 261 g/mol. The van der Waals surface area contributed by atoms with Crippen LogP contribution in [0.2, 0.25) is 0 Å². The first-order valence-corrected chi connectivity index (χ1v) is 6.82. The fourth-order valence-corrected chi connectivity index (χ4v) is 2.52. The van der Waals surface area contributed by atoms with Crippen molar-refractivity contribution in [3.8, 4) is 0 Å². The van der Waals surface area contributed by atoms with Crippen molar-refractivity contribution in [3.63, 3.8) is 0 Å². The Morgan fingerprint density at radius 3 is 2.37 bits per heavy atom. The Balaban J connectivity index is 1.91. The van der Waals surface area contributed by atoms with Gasteiger partial charge in [0, 0.05) is 31.9 Å². The van der Waals surface area contributed by atoms with Crippen molar-refractivity contribution < 1.29 is 4.79 Å². The first-order valence-electron chi connectivity index (χ1n) is 6.82. The van der Waals surface area contributed by atoms with E-state index >= 15 is 0 Å². The summed E-state index contributed by atoms with van der Waals surface area (Å²) in [5.41, 5.74) is 7.81. The van der Waals surface area contributed by atoms with E-state index in [0.29, 0.717) is 13.0 Å². The van der Waals surface area contributed by atoms with E-state index in [1.165, 1.54) is 6.42 Å². The van der Waals surface area contributed by atoms with Gasteiger partial charge in [-0.1, -0.05) is 6.42 Å². The highest BCUT2D eigenvalue weighted by Crippen LogP contribution is 2.43. The second-order valence-corrected chi connectivity index (χ2v) is 5.72. The van der Waals surface area contributed by atoms with E-state index in [9.17, 15) is 4.79 Å². The summed E-state index contributed by atoms with van der Waals surface area (Å²) in [6.45, 7) is 0.611. The molecule has 0 bridgehead atoms. The largest absolute Gasteiger partial charge is 0.378 e. The fourth-order valence-electron chi connectivity index (χ4n) is 2.52. The Kier molecular flexibility index (Phi) is 4.10. The van der Waals surface area contributed by atoms with Crippen LogP contribution in [0.15, 0.2) is 24.3 Å². The number of benzene rings is 1. The number of amides is 1. The topological polar surface area (TPSA) is 58.4 Å². The molecule has 0 spiro atoms. The highest BCUT2D eigenvalue weighted by atomic mass is 16.1. The maximum Gasteiger partial charge on any atom is 0.224 e. The molecule has 1 aliphatic carbocycles. The molecule has 3 N–H and O–H groups in total. The predicted molar refractivity (Wildman–Crippen MR) is 79.4 cm³/mol. The summed E-state index contributed by atoms with van der Waals surface area (Å²) >= 11 is 0. The lowest BCUT2D eigenvalue weighted by molar-refractivity contribution is -0.119. The minimum atomic E-state index is 0.0632. The molecular weight excluding hydrogens is 238 g/mol. The molecule has 0 unspecified atom stereocenters. The van der Waals surface area contributed by atoms with Crippen LogP contribution in [0.4, 0.5) is 11.4 Å². The van der Waals surface area contributed by atoms with Gasteiger partial charge in [-0.25, -0.2) is 0 Å². The molecule has 0 heterocycles. The number of carbonyl (C=O) groups is 1. The summed E-state index contributed by atoms with van der Waals surface area (Å²) in [5, 5.41) is 2.95. The van der Waals surface area contributed by atoms with Gasteiger partial charge < -0.3 is 16.0 Å². The zero-order valence-corrected chi connectivity index (χ0v) is 11.8. The Morgan fingerprint density at radius 1 is 1.32 bits per heavy atom. The van der Waals surface area contributed by atoms with E-state index in [0.717, 1.165) is 24.2 Å². The summed E-state index contributed by atoms with van der Waals surface area (Å²) in [7, 11) is 3.99. The first kappa shape index (κ1) is 13.9. The van der Waals surface area contributed by atoms with Gasteiger partial charge in [0.25, 0.3) is 0 Å². The highest BCUT2D eigenvalue weighted by molar-refractivity contribution is 5.91. The molecule has 1 aromatic rings. The van der Waals surface area contributed by atoms with E-state index in [4.69, 9.17) is 5.73 Å². The molecular formula is C15H23N3O. The van der Waals surface area contributed by atoms with E-state index < -0.39 is 0 Å². The van der Waals surface area contributed by atoms with E-state index in [1.807, 2.05) is 43.3 Å². The Hall–Kier alpha value is -1.55. The molecule has 1 aromatic carbocycles. The molecule has 1 aliphatic rings. The molecule has 1 saturated carbocycles. The Labute approximate surface area is 115 Å². The molecule has 4 nitrogen and oxygen atoms in total. The van der Waals surface area contributed by atoms with Crippen molar-refractivity contribution >= 4 is 17.3 Å². The first-order chi connectivity index (χ1) is 9.04. The Morgan fingerprint density at radius 2 is 1.95 bits per heavy atom. The fraction of sp³-hybridized carbons (Fsp3) is 0.533. The maximum atomic E-state index is 12.0. The normalized spacial score (nSPS) is 16.6. The summed E-state index contributed by atoms with van der Waals surface area (Å²) < 4.78 is 0. The number of anilines is 2. The van der Waals surface area contributed by atoms with Crippen LogP contribution in [0, 0.1) is 5.41 Å². The van der Waals surface area contributed by atoms with Crippen LogP contribution in [0.25, 0.3) is 0 Å². The van der Waals surface area contributed by atoms with Gasteiger partial charge in [-0.15, -0.1) is 0 Å². The van der Waals surface area contributed by atoms with Crippen LogP contribution >= 0.6 is 0 Å². The van der Waals surface area contributed by atoms with Gasteiger partial charge in [0.05, 0.1) is 0 Å². The second kappa shape index (κ2) is 5.61. The average molecular weight is 261 g/mol. The summed E-state index contributed by atoms with van der Waals surface area (Å²) in [4.78, 5) is 14.1. The molecule has 2 rings (SSSR count). The van der Waals surface area contributed by atoms with Gasteiger partial charge in [-0.05, 0) is 49.1 Å². The molecule has 0 atom stereocenters. The number of carbonyl (C=O) groups excluding carboxylic acids is 1. The molecule has 1 fully saturated rings. The van der Waals surface area contributed by atoms with Gasteiger partial charge in [0.1, 0.15) is 0 Å². The third-order valence-electron chi connectivity index (χ3n) is 4.05. The number of nitrogens with one attached hydrogen (secondary N) is 1. The Bertz CT molecular complexity index is 430. The molecule has 0 radical (unpaired) electrons. The standard InChI is InChI=1S/C15H23N3O/c1-18(2)13-6-4-12(5-7-13)17-14(19)10-15(11-16)8-3-9-15/h4-7H,3,8-11,16H2,1-2H3,(H,17,19). The summed E-state index contributed by atoms with van der Waals surface area (Å²) in [6, 6.07) is 7.86. The number of rotatable bonds is 5. The molecule has 0 aliphatic heterocycles. The third kappa shape index (κ3) is 3.26. The average Bonchev–Trinajstić information content (AvgIpc) is 2.34. The van der Waals surface area contributed by atoms with Gasteiger partial charge in [0.2, 0.25) is 5.91 Å². The second-order valence-electron chi connectivity index (χ2n) is 5.72. The lowest BCUT2D eigenvalue weighted by Crippen LogP contribution is -2.40. The summed E-state index contributed by atoms with van der Waals surface area (Å²) in [6.07, 6.45) is 3.90. The molecule has 0 aromatic heterocycles. The van der Waals surface area contributed by atoms with Gasteiger partial charge >= 0.3 is 0 Å². The maximum absolute atomic E-state index is 12.0. The van der Waals surface area contributed by atoms with Crippen LogP contribution in [-0.4, -0.2) is 26.5 Å². The summed E-state index contributed by atoms with van der Waals surface area (Å²) in [5.74, 6) is 0.0720. The molecule has 104 valence electrons. The van der Waals surface area contributed by atoms with Crippen LogP contribution in [0.3, 0.4) is 0 Å². The van der Waals surface area contributed by atoms with Crippen molar-refractivity contribution in [3.05, 3.63) is 24.3 Å². The van der Waals surface area contributed by atoms with Crippen molar-refractivity contribution in [2.75, 3.05) is 30.9 Å². The minimum Gasteiger partial charge on any atom is -0.378 e. The lowest BCUT2D eigenvalue weighted by Gasteiger charge is -2.40. The van der Waals surface area contributed by atoms with Crippen molar-refractivity contribution in [2.45, 2.75) is 25.7 Å². The van der Waals surface area contributed by atoms with Crippen molar-refractivity contribution in [1.29, 1.82) is 0 Å². The molecule has 0 saturated heterocycles. The van der Waals surface area contributed by atoms with E-state index in [2.05, 4.69) is 5.32 Å². The van der Waals surface area contributed by atoms with Crippen LogP contribution in [0.5, 0.6) is 0 Å². The van der Waals surface area contributed by atoms with Crippen LogP contribution in [-0.2, 0) is 4.79 Å². The van der Waals surface area contributed by atoms with Crippen LogP contribution in [0.1, 0.15) is 25.7 Å². The zero-order valence-electron chi connectivity index (χ0n) is 11.8. The van der Waals surface area contributed by atoms with E-state index in [-0.39, 0.29) is 11.3 Å². The smallest absolute Gasteiger partial charge is 0.224 e. The number of hydrogen-bond acceptors (Lipinski definition) is 3. The van der Waals surface area contributed by atoms with Crippen molar-refractivity contribution in [2.24, 2.45) is 11.1 Å². The SMILES string of the molecule is CN(C)c1ccc(NC(=O)CC2(CN)CCC2)cc1. The lowest BCUT2D eigenvalue weighted by atomic mass is 9.66. The number of nitrogens with zero attached hydrogens (tertiary/aromatic N) is 1. The molecule has 19 heavy (non-hydrogen) atoms.